The molecule has 0 aromatic carbocycles. The summed E-state index contributed by atoms with van der Waals surface area (Å²) < 4.78 is 4.90. The number of esters is 1. The van der Waals surface area contributed by atoms with Crippen LogP contribution < -0.4 is 0 Å². The summed E-state index contributed by atoms with van der Waals surface area (Å²) in [5.74, 6) is 0.158. The molecule has 3 nitrogen and oxygen atoms in total. The molecule has 1 rings (SSSR count). The van der Waals surface area contributed by atoms with Gasteiger partial charge in [-0.25, -0.2) is 0 Å². The van der Waals surface area contributed by atoms with Gasteiger partial charge in [-0.15, -0.1) is 0 Å². The summed E-state index contributed by atoms with van der Waals surface area (Å²) >= 11 is 0. The molecule has 3 heteroatoms. The van der Waals surface area contributed by atoms with E-state index in [-0.39, 0.29) is 24.6 Å². The average molecular weight is 158 g/mol. The van der Waals surface area contributed by atoms with Gasteiger partial charge in [0.05, 0.1) is 12.5 Å². The maximum atomic E-state index is 11.1. The monoisotopic (exact) mass is 158 g/mol. The van der Waals surface area contributed by atoms with Crippen molar-refractivity contribution in [2.24, 2.45) is 11.8 Å². The third kappa shape index (κ3) is 1.71. The molecule has 1 unspecified atom stereocenters. The number of hydrogen-bond donors (Lipinski definition) is 1. The lowest BCUT2D eigenvalue weighted by atomic mass is 9.93. The van der Waals surface area contributed by atoms with Gasteiger partial charge in [0.2, 0.25) is 0 Å². The molecule has 1 saturated heterocycles. The highest BCUT2D eigenvalue weighted by atomic mass is 16.6. The summed E-state index contributed by atoms with van der Waals surface area (Å²) in [6.07, 6.45) is 0.419. The van der Waals surface area contributed by atoms with Crippen LogP contribution in [-0.4, -0.2) is 23.8 Å². The van der Waals surface area contributed by atoms with E-state index in [0.29, 0.717) is 12.3 Å². The van der Waals surface area contributed by atoms with Crippen LogP contribution in [-0.2, 0) is 9.53 Å². The van der Waals surface area contributed by atoms with E-state index in [4.69, 9.17) is 9.84 Å². The quantitative estimate of drug-likeness (QED) is 0.597. The SMILES string of the molecule is CC(C)[C@@H]1CC(CO)OC1=O. The van der Waals surface area contributed by atoms with Crippen LogP contribution in [0.5, 0.6) is 0 Å². The van der Waals surface area contributed by atoms with Crippen molar-refractivity contribution in [2.75, 3.05) is 6.61 Å². The highest BCUT2D eigenvalue weighted by molar-refractivity contribution is 5.74. The van der Waals surface area contributed by atoms with Gasteiger partial charge in [-0.05, 0) is 5.92 Å². The molecule has 0 aliphatic carbocycles. The van der Waals surface area contributed by atoms with Crippen molar-refractivity contribution in [1.82, 2.24) is 0 Å². The molecule has 0 bridgehead atoms. The standard InChI is InChI=1S/C8H14O3/c1-5(2)7-3-6(4-9)11-8(7)10/h5-7,9H,3-4H2,1-2H3/t6?,7-/m0/s1. The van der Waals surface area contributed by atoms with Crippen LogP contribution in [0.25, 0.3) is 0 Å². The third-order valence-electron chi connectivity index (χ3n) is 2.11. The van der Waals surface area contributed by atoms with Gasteiger partial charge >= 0.3 is 5.97 Å². The normalized spacial score (nSPS) is 31.1. The Morgan fingerprint density at radius 2 is 2.36 bits per heavy atom. The molecule has 1 aliphatic rings. The van der Waals surface area contributed by atoms with Crippen molar-refractivity contribution in [2.45, 2.75) is 26.4 Å². The molecule has 0 amide bonds. The molecule has 0 aromatic heterocycles. The minimum atomic E-state index is -0.255. The van der Waals surface area contributed by atoms with Gasteiger partial charge in [0.25, 0.3) is 0 Å². The van der Waals surface area contributed by atoms with E-state index in [1.54, 1.807) is 0 Å². The van der Waals surface area contributed by atoms with E-state index in [2.05, 4.69) is 0 Å². The molecule has 11 heavy (non-hydrogen) atoms. The van der Waals surface area contributed by atoms with Gasteiger partial charge in [-0.3, -0.25) is 4.79 Å². The summed E-state index contributed by atoms with van der Waals surface area (Å²) in [7, 11) is 0. The first-order valence-electron chi connectivity index (χ1n) is 3.96. The summed E-state index contributed by atoms with van der Waals surface area (Å²) in [6, 6.07) is 0. The number of cyclic esters (lactones) is 1. The summed E-state index contributed by atoms with van der Waals surface area (Å²) in [5.41, 5.74) is 0. The van der Waals surface area contributed by atoms with Gasteiger partial charge in [0, 0.05) is 6.42 Å². The van der Waals surface area contributed by atoms with E-state index in [1.165, 1.54) is 0 Å². The van der Waals surface area contributed by atoms with E-state index >= 15 is 0 Å². The van der Waals surface area contributed by atoms with Gasteiger partial charge in [0.1, 0.15) is 6.10 Å². The first kappa shape index (κ1) is 8.53. The zero-order valence-corrected chi connectivity index (χ0v) is 6.91. The largest absolute Gasteiger partial charge is 0.460 e. The smallest absolute Gasteiger partial charge is 0.309 e. The molecule has 0 saturated carbocycles. The minimum Gasteiger partial charge on any atom is -0.460 e. The summed E-state index contributed by atoms with van der Waals surface area (Å²) in [5, 5.41) is 8.71. The number of carbonyl (C=O) groups is 1. The fourth-order valence-corrected chi connectivity index (χ4v) is 1.34. The van der Waals surface area contributed by atoms with Crippen LogP contribution in [0.3, 0.4) is 0 Å². The van der Waals surface area contributed by atoms with E-state index < -0.39 is 0 Å². The van der Waals surface area contributed by atoms with Gasteiger partial charge in [0.15, 0.2) is 0 Å². The maximum absolute atomic E-state index is 11.1. The Labute approximate surface area is 66.4 Å². The topological polar surface area (TPSA) is 46.5 Å². The number of hydrogen-bond acceptors (Lipinski definition) is 3. The Bertz CT molecular complexity index is 153. The highest BCUT2D eigenvalue weighted by Gasteiger charge is 2.35. The number of carbonyl (C=O) groups excluding carboxylic acids is 1. The van der Waals surface area contributed by atoms with Crippen molar-refractivity contribution < 1.29 is 14.6 Å². The van der Waals surface area contributed by atoms with E-state index in [9.17, 15) is 4.79 Å². The summed E-state index contributed by atoms with van der Waals surface area (Å²) in [6.45, 7) is 3.94. The first-order valence-corrected chi connectivity index (χ1v) is 3.96. The van der Waals surface area contributed by atoms with Gasteiger partial charge in [-0.1, -0.05) is 13.8 Å². The second-order valence-corrected chi connectivity index (χ2v) is 3.33. The van der Waals surface area contributed by atoms with Crippen molar-refractivity contribution >= 4 is 5.97 Å². The van der Waals surface area contributed by atoms with Crippen molar-refractivity contribution in [3.63, 3.8) is 0 Å². The first-order chi connectivity index (χ1) is 5.15. The Morgan fingerprint density at radius 3 is 2.64 bits per heavy atom. The molecule has 1 fully saturated rings. The predicted octanol–water partition coefficient (Wildman–Crippen LogP) is 0.566. The van der Waals surface area contributed by atoms with Crippen molar-refractivity contribution in [3.8, 4) is 0 Å². The highest BCUT2D eigenvalue weighted by Crippen LogP contribution is 2.26. The molecule has 0 aromatic rings. The lowest BCUT2D eigenvalue weighted by Crippen LogP contribution is -2.13. The Morgan fingerprint density at radius 1 is 1.73 bits per heavy atom. The number of rotatable bonds is 2. The van der Waals surface area contributed by atoms with Crippen LogP contribution in [0.1, 0.15) is 20.3 Å². The second kappa shape index (κ2) is 3.22. The summed E-state index contributed by atoms with van der Waals surface area (Å²) in [4.78, 5) is 11.1. The van der Waals surface area contributed by atoms with Crippen molar-refractivity contribution in [3.05, 3.63) is 0 Å². The third-order valence-corrected chi connectivity index (χ3v) is 2.11. The Hall–Kier alpha value is -0.570. The van der Waals surface area contributed by atoms with Gasteiger partial charge in [-0.2, -0.15) is 0 Å². The predicted molar refractivity (Wildman–Crippen MR) is 39.9 cm³/mol. The molecule has 0 spiro atoms. The lowest BCUT2D eigenvalue weighted by Gasteiger charge is -2.07. The average Bonchev–Trinajstić information content (AvgIpc) is 2.30. The van der Waals surface area contributed by atoms with Crippen molar-refractivity contribution in [1.29, 1.82) is 0 Å². The molecule has 1 aliphatic heterocycles. The maximum Gasteiger partial charge on any atom is 0.309 e. The van der Waals surface area contributed by atoms with Crippen LogP contribution in [0.15, 0.2) is 0 Å². The molecular formula is C8H14O3. The minimum absolute atomic E-state index is 0.00727. The number of aliphatic hydroxyl groups is 1. The van der Waals surface area contributed by atoms with Gasteiger partial charge < -0.3 is 9.84 Å². The lowest BCUT2D eigenvalue weighted by molar-refractivity contribution is -0.146. The van der Waals surface area contributed by atoms with Crippen LogP contribution in [0, 0.1) is 11.8 Å². The Kier molecular flexibility index (Phi) is 2.49. The number of ether oxygens (including phenoxy) is 1. The molecular weight excluding hydrogens is 144 g/mol. The molecule has 1 heterocycles. The van der Waals surface area contributed by atoms with Crippen LogP contribution in [0.2, 0.25) is 0 Å². The zero-order valence-electron chi connectivity index (χ0n) is 6.91. The van der Waals surface area contributed by atoms with Crippen LogP contribution in [0.4, 0.5) is 0 Å². The Balaban J connectivity index is 2.52. The molecule has 64 valence electrons. The van der Waals surface area contributed by atoms with E-state index in [1.807, 2.05) is 13.8 Å². The second-order valence-electron chi connectivity index (χ2n) is 3.33. The molecule has 1 N–H and O–H groups in total. The fourth-order valence-electron chi connectivity index (χ4n) is 1.34. The molecule has 2 atom stereocenters. The molecule has 0 radical (unpaired) electrons. The number of aliphatic hydroxyl groups excluding tert-OH is 1. The van der Waals surface area contributed by atoms with Crippen LogP contribution >= 0.6 is 0 Å². The fraction of sp³-hybridized carbons (Fsp3) is 0.875. The zero-order chi connectivity index (χ0) is 8.43. The van der Waals surface area contributed by atoms with E-state index in [0.717, 1.165) is 0 Å².